The molecule has 1 unspecified atom stereocenters. The van der Waals surface area contributed by atoms with Gasteiger partial charge in [0.25, 0.3) is 5.91 Å². The third-order valence-corrected chi connectivity index (χ3v) is 12.8. The number of halogens is 1. The number of carbonyl (C=O) groups is 5. The van der Waals surface area contributed by atoms with Crippen LogP contribution in [0.1, 0.15) is 81.8 Å². The molecule has 2 aliphatic carbocycles. The SMILES string of the molecule is O=C1N[C@]2(C(=O)NS(=O)(=O)C3CC3)C[C@H]2/C=C\CCCCC[C@H](NC(=O)N2CCCC2)C(=O)N2CC(OC(=O)N3Cc4cccc(F)c4C3)C[C@@H]12. The highest BCUT2D eigenvalue weighted by Crippen LogP contribution is 2.46. The number of amides is 6. The van der Waals surface area contributed by atoms with E-state index >= 15 is 0 Å². The van der Waals surface area contributed by atoms with Gasteiger partial charge in [0.1, 0.15) is 29.5 Å². The van der Waals surface area contributed by atoms with Crippen molar-refractivity contribution in [3.63, 3.8) is 0 Å². The minimum Gasteiger partial charge on any atom is -0.444 e. The molecule has 7 rings (SSSR count). The average molecular weight is 729 g/mol. The monoisotopic (exact) mass is 728 g/mol. The number of hydrogen-bond donors (Lipinski definition) is 3. The van der Waals surface area contributed by atoms with Crippen LogP contribution in [0.25, 0.3) is 0 Å². The van der Waals surface area contributed by atoms with Crippen molar-refractivity contribution >= 4 is 39.9 Å². The predicted molar refractivity (Wildman–Crippen MR) is 180 cm³/mol. The van der Waals surface area contributed by atoms with Crippen LogP contribution in [-0.2, 0) is 42.2 Å². The molecule has 6 aliphatic rings. The molecule has 3 N–H and O–H groups in total. The normalized spacial score (nSPS) is 30.3. The number of nitrogens with zero attached hydrogens (tertiary/aromatic N) is 3. The zero-order chi connectivity index (χ0) is 35.9. The summed E-state index contributed by atoms with van der Waals surface area (Å²) >= 11 is 0. The lowest BCUT2D eigenvalue weighted by molar-refractivity contribution is -0.141. The second-order valence-corrected chi connectivity index (χ2v) is 16.7. The second kappa shape index (κ2) is 14.1. The molecule has 0 aromatic heterocycles. The maximum atomic E-state index is 14.4. The fraction of sp³-hybridized carbons (Fsp3) is 0.629. The van der Waals surface area contributed by atoms with Crippen molar-refractivity contribution in [3.8, 4) is 0 Å². The van der Waals surface area contributed by atoms with Crippen LogP contribution < -0.4 is 15.4 Å². The predicted octanol–water partition coefficient (Wildman–Crippen LogP) is 2.43. The number of ether oxygens (including phenoxy) is 1. The largest absolute Gasteiger partial charge is 0.444 e. The Labute approximate surface area is 296 Å². The third kappa shape index (κ3) is 7.42. The molecular formula is C35H45FN6O8S. The summed E-state index contributed by atoms with van der Waals surface area (Å²) in [6, 6.07) is 2.14. The van der Waals surface area contributed by atoms with E-state index in [0.717, 1.165) is 25.7 Å². The lowest BCUT2D eigenvalue weighted by Gasteiger charge is -2.30. The summed E-state index contributed by atoms with van der Waals surface area (Å²) in [6.45, 7) is 1.18. The topological polar surface area (TPSA) is 175 Å². The van der Waals surface area contributed by atoms with Gasteiger partial charge >= 0.3 is 12.1 Å². The number of hydrogen-bond acceptors (Lipinski definition) is 8. The van der Waals surface area contributed by atoms with E-state index in [2.05, 4.69) is 15.4 Å². The first-order chi connectivity index (χ1) is 24.4. The average Bonchev–Trinajstić information content (AvgIpc) is 3.85. The van der Waals surface area contributed by atoms with Gasteiger partial charge in [0.2, 0.25) is 21.8 Å². The maximum absolute atomic E-state index is 14.4. The molecule has 14 nitrogen and oxygen atoms in total. The molecule has 0 radical (unpaired) electrons. The molecule has 5 atom stereocenters. The molecule has 0 bridgehead atoms. The van der Waals surface area contributed by atoms with E-state index < -0.39 is 74.5 Å². The summed E-state index contributed by atoms with van der Waals surface area (Å²) in [4.78, 5) is 73.0. The minimum absolute atomic E-state index is 0.0149. The van der Waals surface area contributed by atoms with Crippen molar-refractivity contribution in [1.29, 1.82) is 0 Å². The molecular weight excluding hydrogens is 683 g/mol. The number of allylic oxidation sites excluding steroid dienone is 1. The molecule has 276 valence electrons. The van der Waals surface area contributed by atoms with Crippen LogP contribution in [-0.4, -0.2) is 102 Å². The molecule has 0 spiro atoms. The number of fused-ring (bicyclic) bond motifs is 3. The molecule has 4 heterocycles. The fourth-order valence-electron chi connectivity index (χ4n) is 7.74. The number of carbonyl (C=O) groups excluding carboxylic acids is 5. The van der Waals surface area contributed by atoms with Crippen LogP contribution >= 0.6 is 0 Å². The molecule has 1 aromatic carbocycles. The van der Waals surface area contributed by atoms with Gasteiger partial charge in [-0.25, -0.2) is 22.4 Å². The minimum atomic E-state index is -3.90. The van der Waals surface area contributed by atoms with Crippen LogP contribution in [0.3, 0.4) is 0 Å². The number of rotatable bonds is 5. The van der Waals surface area contributed by atoms with Gasteiger partial charge in [-0.15, -0.1) is 0 Å². The van der Waals surface area contributed by atoms with Crippen molar-refractivity contribution in [2.45, 2.75) is 113 Å². The van der Waals surface area contributed by atoms with Crippen LogP contribution in [0.2, 0.25) is 0 Å². The van der Waals surface area contributed by atoms with E-state index in [1.165, 1.54) is 15.9 Å². The Morgan fingerprint density at radius 3 is 2.51 bits per heavy atom. The number of nitrogens with one attached hydrogen (secondary N) is 3. The van der Waals surface area contributed by atoms with Gasteiger partial charge in [-0.05, 0) is 63.0 Å². The standard InChI is InChI=1S/C35H45FN6O8S/c36-27-11-8-9-22-19-41(21-26(22)27)34(47)50-24-17-29-30(43)38-35(32(45)39-51(48,49)25-13-14-25)18-23(35)10-4-2-1-3-5-12-28(31(44)42(29)20-24)37-33(46)40-15-6-7-16-40/h4,8-11,23-25,28-29H,1-3,5-7,12-21H2,(H,37,46)(H,38,43)(H,39,45)/b10-4-/t23-,24?,28+,29+,35-/m1/s1. The van der Waals surface area contributed by atoms with Crippen LogP contribution in [0.15, 0.2) is 30.4 Å². The molecule has 1 aromatic rings. The van der Waals surface area contributed by atoms with Crippen LogP contribution in [0.4, 0.5) is 14.0 Å². The smallest absolute Gasteiger partial charge is 0.410 e. The first-order valence-corrected chi connectivity index (χ1v) is 19.6. The Bertz CT molecular complexity index is 1730. The van der Waals surface area contributed by atoms with Crippen molar-refractivity contribution in [3.05, 3.63) is 47.3 Å². The Morgan fingerprint density at radius 2 is 1.76 bits per heavy atom. The first kappa shape index (κ1) is 35.2. The molecule has 16 heteroatoms. The first-order valence-electron chi connectivity index (χ1n) is 18.1. The Balaban J connectivity index is 1.13. The fourth-order valence-corrected chi connectivity index (χ4v) is 9.10. The van der Waals surface area contributed by atoms with E-state index in [0.29, 0.717) is 56.3 Å². The molecule has 6 amide bonds. The summed E-state index contributed by atoms with van der Waals surface area (Å²) in [5, 5.41) is 5.06. The van der Waals surface area contributed by atoms with Crippen molar-refractivity contribution in [1.82, 2.24) is 30.1 Å². The summed E-state index contributed by atoms with van der Waals surface area (Å²) in [5.74, 6) is -2.89. The number of urea groups is 1. The Hall–Kier alpha value is -4.21. The maximum Gasteiger partial charge on any atom is 0.410 e. The van der Waals surface area contributed by atoms with Crippen molar-refractivity contribution in [2.75, 3.05) is 19.6 Å². The van der Waals surface area contributed by atoms with Crippen molar-refractivity contribution in [2.24, 2.45) is 5.92 Å². The van der Waals surface area contributed by atoms with Crippen LogP contribution in [0.5, 0.6) is 0 Å². The summed E-state index contributed by atoms with van der Waals surface area (Å²) in [6.07, 6.45) is 8.08. The highest BCUT2D eigenvalue weighted by atomic mass is 32.2. The summed E-state index contributed by atoms with van der Waals surface area (Å²) in [5.41, 5.74) is -0.467. The lowest BCUT2D eigenvalue weighted by Crippen LogP contribution is -2.58. The van der Waals surface area contributed by atoms with E-state index in [1.54, 1.807) is 17.0 Å². The summed E-state index contributed by atoms with van der Waals surface area (Å²) < 4.78 is 47.9. The third-order valence-electron chi connectivity index (χ3n) is 11.0. The molecule has 51 heavy (non-hydrogen) atoms. The summed E-state index contributed by atoms with van der Waals surface area (Å²) in [7, 11) is -3.90. The van der Waals surface area contributed by atoms with Crippen molar-refractivity contribution < 1.29 is 41.5 Å². The molecule has 2 saturated heterocycles. The van der Waals surface area contributed by atoms with Crippen LogP contribution in [0, 0.1) is 11.7 Å². The van der Waals surface area contributed by atoms with Gasteiger partial charge in [-0.2, -0.15) is 0 Å². The second-order valence-electron chi connectivity index (χ2n) is 14.7. The highest BCUT2D eigenvalue weighted by molar-refractivity contribution is 7.91. The number of likely N-dealkylation sites (tertiary alicyclic amines) is 1. The Kier molecular flexibility index (Phi) is 9.71. The van der Waals surface area contributed by atoms with Gasteiger partial charge in [0.05, 0.1) is 18.3 Å². The van der Waals surface area contributed by atoms with E-state index in [-0.39, 0.29) is 38.5 Å². The van der Waals surface area contributed by atoms with E-state index in [1.807, 2.05) is 12.2 Å². The number of benzene rings is 1. The van der Waals surface area contributed by atoms with Gasteiger partial charge in [0, 0.05) is 37.5 Å². The zero-order valence-corrected chi connectivity index (χ0v) is 29.3. The van der Waals surface area contributed by atoms with E-state index in [4.69, 9.17) is 4.74 Å². The molecule has 2 saturated carbocycles. The molecule has 4 aliphatic heterocycles. The quantitative estimate of drug-likeness (QED) is 0.388. The van der Waals surface area contributed by atoms with Gasteiger partial charge in [-0.1, -0.05) is 37.1 Å². The number of sulfonamides is 1. The van der Waals surface area contributed by atoms with E-state index in [9.17, 15) is 36.8 Å². The highest BCUT2D eigenvalue weighted by Gasteiger charge is 2.62. The lowest BCUT2D eigenvalue weighted by atomic mass is 10.0. The Morgan fingerprint density at radius 1 is 0.980 bits per heavy atom. The van der Waals surface area contributed by atoms with Gasteiger partial charge in [0.15, 0.2) is 0 Å². The molecule has 4 fully saturated rings. The van der Waals surface area contributed by atoms with Gasteiger partial charge < -0.3 is 25.2 Å². The zero-order valence-electron chi connectivity index (χ0n) is 28.5. The van der Waals surface area contributed by atoms with Gasteiger partial charge in [-0.3, -0.25) is 24.0 Å².